The molecule has 1 heterocycles. The van der Waals surface area contributed by atoms with Crippen molar-refractivity contribution in [2.24, 2.45) is 0 Å². The number of nitriles is 1. The molecule has 1 fully saturated rings. The number of anilines is 2. The van der Waals surface area contributed by atoms with Gasteiger partial charge in [-0.25, -0.2) is 0 Å². The number of amides is 1. The molecular weight excluding hydrogens is 312 g/mol. The van der Waals surface area contributed by atoms with Crippen LogP contribution in [0.25, 0.3) is 0 Å². The molecule has 2 aromatic carbocycles. The second-order valence-electron chi connectivity index (χ2n) is 6.13. The van der Waals surface area contributed by atoms with Crippen LogP contribution in [0.3, 0.4) is 0 Å². The molecule has 5 heteroatoms. The van der Waals surface area contributed by atoms with Gasteiger partial charge in [0.05, 0.1) is 20.5 Å². The summed E-state index contributed by atoms with van der Waals surface area (Å²) in [6, 6.07) is 13.3. The average Bonchev–Trinajstić information content (AvgIpc) is 2.65. The standard InChI is InChI=1S/C20H22N4O/c1-16-5-4-7-18(13-16)22-20(25)15-23-9-11-24(12-10-23)19-8-3-2-6-17(19)14-21/h2-8,13H,9-12,15H2,1H3,(H,22,25)/i2T,5T. The summed E-state index contributed by atoms with van der Waals surface area (Å²) >= 11 is 0. The second-order valence-corrected chi connectivity index (χ2v) is 6.13. The normalized spacial score (nSPS) is 15.9. The molecule has 1 N–H and O–H groups in total. The lowest BCUT2D eigenvalue weighted by atomic mass is 10.1. The Hall–Kier alpha value is -2.84. The van der Waals surface area contributed by atoms with E-state index >= 15 is 0 Å². The summed E-state index contributed by atoms with van der Waals surface area (Å²) in [6.07, 6.45) is 0. The van der Waals surface area contributed by atoms with Gasteiger partial charge in [0, 0.05) is 31.9 Å². The third kappa shape index (κ3) is 4.37. The highest BCUT2D eigenvalue weighted by molar-refractivity contribution is 5.92. The number of carbonyl (C=O) groups is 1. The quantitative estimate of drug-likeness (QED) is 0.931. The van der Waals surface area contributed by atoms with Crippen LogP contribution in [0.2, 0.25) is 0 Å². The monoisotopic (exact) mass is 338 g/mol. The Morgan fingerprint density at radius 1 is 1.28 bits per heavy atom. The molecule has 25 heavy (non-hydrogen) atoms. The van der Waals surface area contributed by atoms with Crippen LogP contribution in [0.4, 0.5) is 11.4 Å². The van der Waals surface area contributed by atoms with Gasteiger partial charge in [-0.15, -0.1) is 0 Å². The maximum Gasteiger partial charge on any atom is 0.238 e. The molecule has 0 unspecified atom stereocenters. The van der Waals surface area contributed by atoms with E-state index in [1.165, 1.54) is 0 Å². The van der Waals surface area contributed by atoms with Crippen molar-refractivity contribution >= 4 is 17.3 Å². The lowest BCUT2D eigenvalue weighted by molar-refractivity contribution is -0.117. The highest BCUT2D eigenvalue weighted by Crippen LogP contribution is 2.21. The largest absolute Gasteiger partial charge is 0.368 e. The predicted molar refractivity (Wildman–Crippen MR) is 99.6 cm³/mol. The lowest BCUT2D eigenvalue weighted by Gasteiger charge is -2.36. The number of para-hydroxylation sites is 1. The van der Waals surface area contributed by atoms with Gasteiger partial charge in [-0.1, -0.05) is 24.2 Å². The first kappa shape index (κ1) is 14.5. The molecule has 0 aromatic heterocycles. The van der Waals surface area contributed by atoms with Gasteiger partial charge in [0.15, 0.2) is 0 Å². The Labute approximate surface area is 151 Å². The van der Waals surface area contributed by atoms with Crippen LogP contribution in [-0.2, 0) is 4.79 Å². The van der Waals surface area contributed by atoms with Crippen molar-refractivity contribution < 1.29 is 7.54 Å². The minimum Gasteiger partial charge on any atom is -0.368 e. The van der Waals surface area contributed by atoms with Crippen molar-refractivity contribution in [3.8, 4) is 6.07 Å². The van der Waals surface area contributed by atoms with Crippen molar-refractivity contribution in [1.29, 1.82) is 5.26 Å². The van der Waals surface area contributed by atoms with Crippen LogP contribution in [-0.4, -0.2) is 43.5 Å². The van der Waals surface area contributed by atoms with E-state index in [2.05, 4.69) is 21.2 Å². The average molecular weight is 338 g/mol. The number of nitrogens with zero attached hydrogens (tertiary/aromatic N) is 3. The SMILES string of the molecule is [3H]c1ccc(N2CCN(CC(=O)Nc3ccc([3H])c(C)c3)CC2)c(C#N)c1. The summed E-state index contributed by atoms with van der Waals surface area (Å²) in [5, 5.41) is 12.2. The fraction of sp³-hybridized carbons (Fsp3) is 0.300. The molecule has 0 saturated carbocycles. The number of hydrogen-bond acceptors (Lipinski definition) is 4. The Balaban J connectivity index is 1.54. The van der Waals surface area contributed by atoms with Crippen LogP contribution in [0.1, 0.15) is 13.9 Å². The number of aryl methyl sites for hydroxylation is 1. The van der Waals surface area contributed by atoms with E-state index in [0.29, 0.717) is 29.9 Å². The Morgan fingerprint density at radius 2 is 2.08 bits per heavy atom. The van der Waals surface area contributed by atoms with Gasteiger partial charge in [-0.3, -0.25) is 9.69 Å². The fourth-order valence-electron chi connectivity index (χ4n) is 3.00. The first-order chi connectivity index (χ1) is 13.0. The maximum absolute atomic E-state index is 12.3. The molecule has 3 rings (SSSR count). The molecule has 0 radical (unpaired) electrons. The number of benzene rings is 2. The first-order valence-corrected chi connectivity index (χ1v) is 8.31. The van der Waals surface area contributed by atoms with E-state index in [1.807, 2.05) is 13.0 Å². The van der Waals surface area contributed by atoms with Gasteiger partial charge >= 0.3 is 0 Å². The predicted octanol–water partition coefficient (Wildman–Crippen LogP) is 2.63. The van der Waals surface area contributed by atoms with Crippen molar-refractivity contribution in [1.82, 2.24) is 4.90 Å². The van der Waals surface area contributed by atoms with Crippen LogP contribution < -0.4 is 10.2 Å². The molecule has 5 nitrogen and oxygen atoms in total. The van der Waals surface area contributed by atoms with Crippen LogP contribution in [0.15, 0.2) is 48.5 Å². The Kier molecular flexibility index (Phi) is 4.54. The Bertz CT molecular complexity index is 886. The first-order valence-electron chi connectivity index (χ1n) is 9.31. The summed E-state index contributed by atoms with van der Waals surface area (Å²) in [7, 11) is 0. The number of carbonyl (C=O) groups excluding carboxylic acids is 1. The molecule has 1 saturated heterocycles. The molecule has 2 aromatic rings. The molecule has 0 spiro atoms. The minimum atomic E-state index is -0.0724. The molecule has 0 atom stereocenters. The van der Waals surface area contributed by atoms with Crippen LogP contribution in [0.5, 0.6) is 0 Å². The van der Waals surface area contributed by atoms with Gasteiger partial charge in [0.1, 0.15) is 6.07 Å². The van der Waals surface area contributed by atoms with Gasteiger partial charge in [-0.05, 0) is 36.8 Å². The Morgan fingerprint density at radius 3 is 2.80 bits per heavy atom. The zero-order valence-electron chi connectivity index (χ0n) is 16.2. The van der Waals surface area contributed by atoms with Crippen molar-refractivity contribution in [3.05, 3.63) is 59.6 Å². The van der Waals surface area contributed by atoms with Crippen LogP contribution >= 0.6 is 0 Å². The van der Waals surface area contributed by atoms with Gasteiger partial charge < -0.3 is 10.2 Å². The zero-order valence-corrected chi connectivity index (χ0v) is 14.2. The number of nitrogens with one attached hydrogen (secondary N) is 1. The van der Waals surface area contributed by atoms with E-state index in [0.717, 1.165) is 37.4 Å². The summed E-state index contributed by atoms with van der Waals surface area (Å²) in [5.74, 6) is -0.0724. The van der Waals surface area contributed by atoms with E-state index in [9.17, 15) is 10.1 Å². The number of rotatable bonds is 4. The molecular formula is C20H22N4O. The van der Waals surface area contributed by atoms with E-state index in [4.69, 9.17) is 2.74 Å². The third-order valence-corrected chi connectivity index (χ3v) is 4.27. The number of piperazine rings is 1. The molecule has 0 bridgehead atoms. The molecule has 1 amide bonds. The lowest BCUT2D eigenvalue weighted by Crippen LogP contribution is -2.48. The third-order valence-electron chi connectivity index (χ3n) is 4.27. The fourth-order valence-corrected chi connectivity index (χ4v) is 3.00. The van der Waals surface area contributed by atoms with E-state index in [1.54, 1.807) is 30.3 Å². The molecule has 0 aliphatic carbocycles. The summed E-state index contributed by atoms with van der Waals surface area (Å²) < 4.78 is 15.3. The minimum absolute atomic E-state index is 0.0724. The summed E-state index contributed by atoms with van der Waals surface area (Å²) in [5.41, 5.74) is 2.90. The highest BCUT2D eigenvalue weighted by Gasteiger charge is 2.20. The highest BCUT2D eigenvalue weighted by atomic mass is 16.2. The molecule has 1 aliphatic heterocycles. The van der Waals surface area contributed by atoms with E-state index < -0.39 is 0 Å². The van der Waals surface area contributed by atoms with E-state index in [-0.39, 0.29) is 5.91 Å². The summed E-state index contributed by atoms with van der Waals surface area (Å²) in [6.45, 7) is 5.07. The molecule has 128 valence electrons. The molecule has 1 aliphatic rings. The van der Waals surface area contributed by atoms with Gasteiger partial charge in [-0.2, -0.15) is 5.26 Å². The van der Waals surface area contributed by atoms with Crippen LogP contribution in [0, 0.1) is 18.3 Å². The van der Waals surface area contributed by atoms with Crippen molar-refractivity contribution in [2.45, 2.75) is 6.92 Å². The summed E-state index contributed by atoms with van der Waals surface area (Å²) in [4.78, 5) is 16.5. The maximum atomic E-state index is 12.3. The smallest absolute Gasteiger partial charge is 0.238 e. The van der Waals surface area contributed by atoms with Gasteiger partial charge in [0.2, 0.25) is 5.91 Å². The zero-order chi connectivity index (χ0) is 19.4. The topological polar surface area (TPSA) is 59.4 Å². The number of hydrogen-bond donors (Lipinski definition) is 1. The second kappa shape index (κ2) is 7.82. The van der Waals surface area contributed by atoms with Crippen molar-refractivity contribution in [2.75, 3.05) is 42.9 Å². The van der Waals surface area contributed by atoms with Crippen molar-refractivity contribution in [3.63, 3.8) is 0 Å². The van der Waals surface area contributed by atoms with Gasteiger partial charge in [0.25, 0.3) is 0 Å².